The standard InChI is InChI=1S/C16H21NO4/c1-11(21-2)12-5-3-6-13(9-12)17-14(18)10-16(15(19)20)7-4-8-16/h3,5-6,9,11H,4,7-8,10H2,1-2H3,(H,17,18)(H,19,20). The van der Waals surface area contributed by atoms with Gasteiger partial charge < -0.3 is 15.2 Å². The van der Waals surface area contributed by atoms with Gasteiger partial charge in [-0.05, 0) is 37.5 Å². The van der Waals surface area contributed by atoms with Crippen molar-refractivity contribution in [2.75, 3.05) is 12.4 Å². The Morgan fingerprint density at radius 1 is 1.43 bits per heavy atom. The zero-order valence-corrected chi connectivity index (χ0v) is 12.4. The third-order valence-electron chi connectivity index (χ3n) is 4.26. The number of hydrogen-bond donors (Lipinski definition) is 2. The predicted octanol–water partition coefficient (Wildman–Crippen LogP) is 2.98. The molecule has 1 amide bonds. The summed E-state index contributed by atoms with van der Waals surface area (Å²) in [6, 6.07) is 7.41. The number of carbonyl (C=O) groups is 2. The molecule has 1 aliphatic carbocycles. The second-order valence-electron chi connectivity index (χ2n) is 5.67. The van der Waals surface area contributed by atoms with E-state index < -0.39 is 11.4 Å². The Balaban J connectivity index is 2.01. The lowest BCUT2D eigenvalue weighted by atomic mass is 9.66. The number of methoxy groups -OCH3 is 1. The summed E-state index contributed by atoms with van der Waals surface area (Å²) in [7, 11) is 1.63. The molecule has 1 unspecified atom stereocenters. The van der Waals surface area contributed by atoms with Gasteiger partial charge in [-0.1, -0.05) is 18.6 Å². The quantitative estimate of drug-likeness (QED) is 0.845. The number of nitrogens with one attached hydrogen (secondary N) is 1. The number of amides is 1. The molecule has 2 N–H and O–H groups in total. The first kappa shape index (κ1) is 15.5. The van der Waals surface area contributed by atoms with Crippen LogP contribution in [-0.2, 0) is 14.3 Å². The molecule has 5 nitrogen and oxygen atoms in total. The van der Waals surface area contributed by atoms with Crippen LogP contribution in [0.1, 0.15) is 44.3 Å². The van der Waals surface area contributed by atoms with Crippen LogP contribution >= 0.6 is 0 Å². The van der Waals surface area contributed by atoms with E-state index >= 15 is 0 Å². The van der Waals surface area contributed by atoms with Gasteiger partial charge in [0, 0.05) is 19.2 Å². The summed E-state index contributed by atoms with van der Waals surface area (Å²) in [5, 5.41) is 12.0. The van der Waals surface area contributed by atoms with Crippen LogP contribution in [0.2, 0.25) is 0 Å². The summed E-state index contributed by atoms with van der Waals surface area (Å²) < 4.78 is 5.24. The largest absolute Gasteiger partial charge is 0.481 e. The maximum Gasteiger partial charge on any atom is 0.310 e. The average Bonchev–Trinajstić information content (AvgIpc) is 2.41. The lowest BCUT2D eigenvalue weighted by Gasteiger charge is -2.36. The van der Waals surface area contributed by atoms with Crippen molar-refractivity contribution in [2.24, 2.45) is 5.41 Å². The van der Waals surface area contributed by atoms with Crippen molar-refractivity contribution in [3.63, 3.8) is 0 Å². The fraction of sp³-hybridized carbons (Fsp3) is 0.500. The van der Waals surface area contributed by atoms with Crippen LogP contribution in [0, 0.1) is 5.41 Å². The minimum atomic E-state index is -0.870. The Kier molecular flexibility index (Phi) is 4.63. The fourth-order valence-corrected chi connectivity index (χ4v) is 2.59. The number of anilines is 1. The van der Waals surface area contributed by atoms with Crippen molar-refractivity contribution >= 4 is 17.6 Å². The second-order valence-corrected chi connectivity index (χ2v) is 5.67. The first-order chi connectivity index (χ1) is 9.97. The normalized spacial score (nSPS) is 17.6. The molecule has 1 fully saturated rings. The molecule has 0 heterocycles. The smallest absolute Gasteiger partial charge is 0.310 e. The summed E-state index contributed by atoms with van der Waals surface area (Å²) in [4.78, 5) is 23.3. The third kappa shape index (κ3) is 3.42. The van der Waals surface area contributed by atoms with Crippen LogP contribution in [-0.4, -0.2) is 24.1 Å². The first-order valence-electron chi connectivity index (χ1n) is 7.13. The second kappa shape index (κ2) is 6.26. The van der Waals surface area contributed by atoms with Gasteiger partial charge in [-0.2, -0.15) is 0 Å². The van der Waals surface area contributed by atoms with Crippen molar-refractivity contribution < 1.29 is 19.4 Å². The highest BCUT2D eigenvalue weighted by molar-refractivity contribution is 5.94. The van der Waals surface area contributed by atoms with E-state index in [0.29, 0.717) is 18.5 Å². The Labute approximate surface area is 124 Å². The number of benzene rings is 1. The number of rotatable bonds is 6. The van der Waals surface area contributed by atoms with E-state index in [0.717, 1.165) is 12.0 Å². The maximum atomic E-state index is 12.1. The molecule has 0 aliphatic heterocycles. The van der Waals surface area contributed by atoms with Crippen molar-refractivity contribution in [3.05, 3.63) is 29.8 Å². The predicted molar refractivity (Wildman–Crippen MR) is 79.0 cm³/mol. The molecule has 114 valence electrons. The Morgan fingerprint density at radius 3 is 2.67 bits per heavy atom. The lowest BCUT2D eigenvalue weighted by Crippen LogP contribution is -2.41. The molecular formula is C16H21NO4. The van der Waals surface area contributed by atoms with Gasteiger partial charge in [-0.25, -0.2) is 0 Å². The maximum absolute atomic E-state index is 12.1. The molecule has 0 saturated heterocycles. The van der Waals surface area contributed by atoms with E-state index in [4.69, 9.17) is 4.74 Å². The highest BCUT2D eigenvalue weighted by Gasteiger charge is 2.45. The van der Waals surface area contributed by atoms with Crippen LogP contribution in [0.5, 0.6) is 0 Å². The van der Waals surface area contributed by atoms with Gasteiger partial charge in [0.2, 0.25) is 5.91 Å². The Bertz CT molecular complexity index is 537. The SMILES string of the molecule is COC(C)c1cccc(NC(=O)CC2(C(=O)O)CCC2)c1. The van der Waals surface area contributed by atoms with Gasteiger partial charge in [-0.3, -0.25) is 9.59 Å². The minimum Gasteiger partial charge on any atom is -0.481 e. The molecule has 0 radical (unpaired) electrons. The van der Waals surface area contributed by atoms with Crippen molar-refractivity contribution in [3.8, 4) is 0 Å². The summed E-state index contributed by atoms with van der Waals surface area (Å²) in [5.41, 5.74) is 0.773. The van der Waals surface area contributed by atoms with Gasteiger partial charge in [-0.15, -0.1) is 0 Å². The summed E-state index contributed by atoms with van der Waals surface area (Å²) in [6.45, 7) is 1.93. The molecule has 0 aromatic heterocycles. The van der Waals surface area contributed by atoms with Crippen LogP contribution in [0.25, 0.3) is 0 Å². The Morgan fingerprint density at radius 2 is 2.14 bits per heavy atom. The summed E-state index contributed by atoms with van der Waals surface area (Å²) >= 11 is 0. The van der Waals surface area contributed by atoms with Gasteiger partial charge in [0.15, 0.2) is 0 Å². The molecule has 0 spiro atoms. The molecule has 2 rings (SSSR count). The van der Waals surface area contributed by atoms with E-state index in [1.54, 1.807) is 13.2 Å². The molecule has 1 aromatic rings. The van der Waals surface area contributed by atoms with Crippen LogP contribution in [0.15, 0.2) is 24.3 Å². The van der Waals surface area contributed by atoms with Crippen molar-refractivity contribution in [1.82, 2.24) is 0 Å². The molecule has 21 heavy (non-hydrogen) atoms. The van der Waals surface area contributed by atoms with Gasteiger partial charge in [0.05, 0.1) is 11.5 Å². The number of carbonyl (C=O) groups excluding carboxylic acids is 1. The van der Waals surface area contributed by atoms with E-state index in [1.165, 1.54) is 0 Å². The molecule has 1 saturated carbocycles. The highest BCUT2D eigenvalue weighted by atomic mass is 16.5. The zero-order chi connectivity index (χ0) is 15.5. The fourth-order valence-electron chi connectivity index (χ4n) is 2.59. The van der Waals surface area contributed by atoms with Crippen LogP contribution < -0.4 is 5.32 Å². The van der Waals surface area contributed by atoms with E-state index in [-0.39, 0.29) is 18.4 Å². The number of aliphatic carboxylic acids is 1. The molecule has 5 heteroatoms. The summed E-state index contributed by atoms with van der Waals surface area (Å²) in [6.07, 6.45) is 2.01. The average molecular weight is 291 g/mol. The third-order valence-corrected chi connectivity index (χ3v) is 4.26. The topological polar surface area (TPSA) is 75.6 Å². The zero-order valence-electron chi connectivity index (χ0n) is 12.4. The van der Waals surface area contributed by atoms with E-state index in [2.05, 4.69) is 5.32 Å². The number of carboxylic acids is 1. The number of carboxylic acid groups (broad SMARTS) is 1. The molecular weight excluding hydrogens is 270 g/mol. The number of ether oxygens (including phenoxy) is 1. The van der Waals surface area contributed by atoms with E-state index in [9.17, 15) is 14.7 Å². The molecule has 1 aromatic carbocycles. The van der Waals surface area contributed by atoms with Crippen molar-refractivity contribution in [1.29, 1.82) is 0 Å². The van der Waals surface area contributed by atoms with Crippen molar-refractivity contribution in [2.45, 2.75) is 38.7 Å². The van der Waals surface area contributed by atoms with Crippen LogP contribution in [0.3, 0.4) is 0 Å². The minimum absolute atomic E-state index is 0.0341. The number of hydrogen-bond acceptors (Lipinski definition) is 3. The molecule has 1 atom stereocenters. The monoisotopic (exact) mass is 291 g/mol. The van der Waals surface area contributed by atoms with E-state index in [1.807, 2.05) is 25.1 Å². The molecule has 0 bridgehead atoms. The van der Waals surface area contributed by atoms with Gasteiger partial charge in [0.1, 0.15) is 0 Å². The Hall–Kier alpha value is -1.88. The van der Waals surface area contributed by atoms with Gasteiger partial charge in [0.25, 0.3) is 0 Å². The molecule has 1 aliphatic rings. The highest BCUT2D eigenvalue weighted by Crippen LogP contribution is 2.44. The lowest BCUT2D eigenvalue weighted by molar-refractivity contribution is -0.157. The first-order valence-corrected chi connectivity index (χ1v) is 7.13. The summed E-state index contributed by atoms with van der Waals surface area (Å²) in [5.74, 6) is -1.12. The van der Waals surface area contributed by atoms with Crippen LogP contribution in [0.4, 0.5) is 5.69 Å². The van der Waals surface area contributed by atoms with Gasteiger partial charge >= 0.3 is 5.97 Å².